The summed E-state index contributed by atoms with van der Waals surface area (Å²) in [6.07, 6.45) is 0. The molecule has 17 heavy (non-hydrogen) atoms. The molecule has 0 heterocycles. The van der Waals surface area contributed by atoms with Crippen LogP contribution in [0.3, 0.4) is 0 Å². The van der Waals surface area contributed by atoms with Gasteiger partial charge in [0.25, 0.3) is 6.47 Å². The van der Waals surface area contributed by atoms with Gasteiger partial charge in [-0.2, -0.15) is 0 Å². The molecule has 0 saturated heterocycles. The Kier molecular flexibility index (Phi) is 4.95. The molecule has 2 heteroatoms. The van der Waals surface area contributed by atoms with Crippen LogP contribution in [0.5, 0.6) is 0 Å². The fourth-order valence-electron chi connectivity index (χ4n) is 1.63. The van der Waals surface area contributed by atoms with E-state index in [-0.39, 0.29) is 6.47 Å². The van der Waals surface area contributed by atoms with Gasteiger partial charge in [0.2, 0.25) is 0 Å². The van der Waals surface area contributed by atoms with Crippen LogP contribution in [0.4, 0.5) is 0 Å². The first-order chi connectivity index (χ1) is 8.19. The van der Waals surface area contributed by atoms with Crippen LogP contribution in [0.15, 0.2) is 48.5 Å². The first-order valence-electron chi connectivity index (χ1n) is 5.39. The Labute approximate surface area is 102 Å². The minimum Gasteiger partial charge on any atom is -0.483 e. The van der Waals surface area contributed by atoms with Gasteiger partial charge in [0, 0.05) is 0 Å². The summed E-state index contributed by atoms with van der Waals surface area (Å²) in [7, 11) is 0. The van der Waals surface area contributed by atoms with E-state index in [1.54, 1.807) is 0 Å². The summed E-state index contributed by atoms with van der Waals surface area (Å²) >= 11 is 0. The van der Waals surface area contributed by atoms with E-state index >= 15 is 0 Å². The van der Waals surface area contributed by atoms with E-state index in [1.807, 2.05) is 0 Å². The topological polar surface area (TPSA) is 37.3 Å². The van der Waals surface area contributed by atoms with Crippen molar-refractivity contribution in [2.75, 3.05) is 0 Å². The van der Waals surface area contributed by atoms with Crippen molar-refractivity contribution in [3.63, 3.8) is 0 Å². The van der Waals surface area contributed by atoms with Gasteiger partial charge in [-0.3, -0.25) is 4.79 Å². The van der Waals surface area contributed by atoms with Crippen molar-refractivity contribution < 1.29 is 9.90 Å². The summed E-state index contributed by atoms with van der Waals surface area (Å²) in [5.74, 6) is 0. The van der Waals surface area contributed by atoms with Gasteiger partial charge in [-0.25, -0.2) is 0 Å². The Balaban J connectivity index is 0.000000437. The fraction of sp³-hybridized carbons (Fsp3) is 0.133. The molecule has 0 bridgehead atoms. The molecule has 0 aromatic heterocycles. The van der Waals surface area contributed by atoms with Crippen LogP contribution in [-0.2, 0) is 4.79 Å². The van der Waals surface area contributed by atoms with Crippen LogP contribution in [0, 0.1) is 13.8 Å². The predicted molar refractivity (Wildman–Crippen MR) is 70.0 cm³/mol. The van der Waals surface area contributed by atoms with Crippen LogP contribution in [0.2, 0.25) is 0 Å². The molecule has 0 atom stereocenters. The largest absolute Gasteiger partial charge is 0.483 e. The van der Waals surface area contributed by atoms with Crippen molar-refractivity contribution in [2.24, 2.45) is 0 Å². The molecular formula is C15H16O2. The number of aryl methyl sites for hydroxylation is 2. The van der Waals surface area contributed by atoms with Crippen LogP contribution < -0.4 is 0 Å². The monoisotopic (exact) mass is 228 g/mol. The Morgan fingerprint density at radius 1 is 0.941 bits per heavy atom. The summed E-state index contributed by atoms with van der Waals surface area (Å²) < 4.78 is 0. The highest BCUT2D eigenvalue weighted by molar-refractivity contribution is 5.67. The molecule has 88 valence electrons. The van der Waals surface area contributed by atoms with E-state index in [1.165, 1.54) is 22.3 Å². The SMILES string of the molecule is Cc1ccc(-c2ccccc2C)cc1.O=CO. The lowest BCUT2D eigenvalue weighted by molar-refractivity contribution is -0.122. The smallest absolute Gasteiger partial charge is 0.290 e. The van der Waals surface area contributed by atoms with Gasteiger partial charge >= 0.3 is 0 Å². The predicted octanol–water partition coefficient (Wildman–Crippen LogP) is 3.67. The first kappa shape index (κ1) is 13.0. The van der Waals surface area contributed by atoms with E-state index in [0.29, 0.717) is 0 Å². The number of benzene rings is 2. The van der Waals surface area contributed by atoms with Crippen molar-refractivity contribution in [1.82, 2.24) is 0 Å². The maximum atomic E-state index is 8.36. The first-order valence-corrected chi connectivity index (χ1v) is 5.39. The van der Waals surface area contributed by atoms with Gasteiger partial charge in [-0.1, -0.05) is 54.1 Å². The zero-order valence-electron chi connectivity index (χ0n) is 10.1. The lowest BCUT2D eigenvalue weighted by atomic mass is 10.00. The van der Waals surface area contributed by atoms with Crippen LogP contribution in [-0.4, -0.2) is 11.6 Å². The average molecular weight is 228 g/mol. The standard InChI is InChI=1S/C14H14.CH2O2/c1-11-7-9-13(10-8-11)14-6-4-3-5-12(14)2;2-1-3/h3-10H,1-2H3;1H,(H,2,3). The molecule has 0 aliphatic heterocycles. The van der Waals surface area contributed by atoms with Gasteiger partial charge in [0.1, 0.15) is 0 Å². The van der Waals surface area contributed by atoms with E-state index < -0.39 is 0 Å². The third-order valence-corrected chi connectivity index (χ3v) is 2.51. The quantitative estimate of drug-likeness (QED) is 0.756. The Morgan fingerprint density at radius 2 is 1.47 bits per heavy atom. The van der Waals surface area contributed by atoms with E-state index in [2.05, 4.69) is 62.4 Å². The summed E-state index contributed by atoms with van der Waals surface area (Å²) in [5, 5.41) is 6.89. The van der Waals surface area contributed by atoms with Crippen LogP contribution in [0.25, 0.3) is 11.1 Å². The number of rotatable bonds is 1. The normalized spacial score (nSPS) is 9.06. The molecular weight excluding hydrogens is 212 g/mol. The lowest BCUT2D eigenvalue weighted by Gasteiger charge is -2.05. The summed E-state index contributed by atoms with van der Waals surface area (Å²) in [4.78, 5) is 8.36. The number of carboxylic acid groups (broad SMARTS) is 1. The van der Waals surface area contributed by atoms with E-state index in [0.717, 1.165) is 0 Å². The lowest BCUT2D eigenvalue weighted by Crippen LogP contribution is -1.82. The van der Waals surface area contributed by atoms with E-state index in [4.69, 9.17) is 9.90 Å². The number of hydrogen-bond acceptors (Lipinski definition) is 1. The minimum absolute atomic E-state index is 0.250. The molecule has 0 spiro atoms. The highest BCUT2D eigenvalue weighted by Crippen LogP contribution is 2.22. The zero-order valence-corrected chi connectivity index (χ0v) is 10.1. The zero-order chi connectivity index (χ0) is 12.7. The summed E-state index contributed by atoms with van der Waals surface area (Å²) in [6, 6.07) is 17.1. The maximum Gasteiger partial charge on any atom is 0.290 e. The highest BCUT2D eigenvalue weighted by Gasteiger charge is 1.98. The third kappa shape index (κ3) is 3.76. The highest BCUT2D eigenvalue weighted by atomic mass is 16.3. The van der Waals surface area contributed by atoms with Crippen LogP contribution >= 0.6 is 0 Å². The van der Waals surface area contributed by atoms with Gasteiger partial charge in [0.05, 0.1) is 0 Å². The molecule has 0 aliphatic rings. The van der Waals surface area contributed by atoms with Crippen molar-refractivity contribution in [3.05, 3.63) is 59.7 Å². The van der Waals surface area contributed by atoms with Crippen molar-refractivity contribution in [2.45, 2.75) is 13.8 Å². The van der Waals surface area contributed by atoms with Gasteiger partial charge in [-0.05, 0) is 30.5 Å². The summed E-state index contributed by atoms with van der Waals surface area (Å²) in [6.45, 7) is 4.01. The second-order valence-corrected chi connectivity index (χ2v) is 3.79. The third-order valence-electron chi connectivity index (χ3n) is 2.51. The Hall–Kier alpha value is -2.09. The molecule has 2 aromatic rings. The van der Waals surface area contributed by atoms with Crippen molar-refractivity contribution in [1.29, 1.82) is 0 Å². The van der Waals surface area contributed by atoms with Gasteiger partial charge in [-0.15, -0.1) is 0 Å². The molecule has 0 radical (unpaired) electrons. The molecule has 0 saturated carbocycles. The Bertz CT molecular complexity index is 473. The molecule has 2 rings (SSSR count). The second kappa shape index (κ2) is 6.48. The van der Waals surface area contributed by atoms with Gasteiger partial charge in [0.15, 0.2) is 0 Å². The number of carbonyl (C=O) groups is 1. The van der Waals surface area contributed by atoms with Crippen molar-refractivity contribution in [3.8, 4) is 11.1 Å². The second-order valence-electron chi connectivity index (χ2n) is 3.79. The minimum atomic E-state index is -0.250. The van der Waals surface area contributed by atoms with Crippen LogP contribution in [0.1, 0.15) is 11.1 Å². The molecule has 2 aromatic carbocycles. The number of hydrogen-bond donors (Lipinski definition) is 1. The molecule has 0 amide bonds. The molecule has 0 fully saturated rings. The summed E-state index contributed by atoms with van der Waals surface area (Å²) in [5.41, 5.74) is 5.26. The molecule has 2 nitrogen and oxygen atoms in total. The fourth-order valence-corrected chi connectivity index (χ4v) is 1.63. The molecule has 0 aliphatic carbocycles. The molecule has 0 unspecified atom stereocenters. The molecule has 1 N–H and O–H groups in total. The Morgan fingerprint density at radius 3 is 2.00 bits per heavy atom. The average Bonchev–Trinajstić information content (AvgIpc) is 2.32. The maximum absolute atomic E-state index is 8.36. The van der Waals surface area contributed by atoms with Crippen molar-refractivity contribution >= 4 is 6.47 Å². The van der Waals surface area contributed by atoms with E-state index in [9.17, 15) is 0 Å². The van der Waals surface area contributed by atoms with Gasteiger partial charge < -0.3 is 5.11 Å².